The fraction of sp³-hybridized carbons (Fsp3) is 1.00. The normalized spacial score (nSPS) is 31.5. The lowest BCUT2D eigenvalue weighted by Gasteiger charge is -2.25. The van der Waals surface area contributed by atoms with Gasteiger partial charge in [0.25, 0.3) is 7.23 Å². The number of nitrogens with one attached hydrogen (secondary N) is 2. The summed E-state index contributed by atoms with van der Waals surface area (Å²) >= 11 is 0. The largest absolute Gasteiger partial charge is 0.472 e. The number of likely N-dealkylation sites (tertiary alicyclic amines) is 2. The van der Waals surface area contributed by atoms with Gasteiger partial charge in [-0.1, -0.05) is 0 Å². The smallest absolute Gasteiger partial charge is 0.377 e. The summed E-state index contributed by atoms with van der Waals surface area (Å²) in [5.41, 5.74) is 0. The van der Waals surface area contributed by atoms with Crippen LogP contribution in [0.2, 0.25) is 0 Å². The Labute approximate surface area is 199 Å². The second-order valence-electron chi connectivity index (χ2n) is 8.66. The minimum absolute atomic E-state index is 0.0282. The molecule has 0 radical (unpaired) electrons. The van der Waals surface area contributed by atoms with Gasteiger partial charge in [0.1, 0.15) is 6.10 Å². The quantitative estimate of drug-likeness (QED) is 0.219. The van der Waals surface area contributed by atoms with Crippen LogP contribution in [0.3, 0.4) is 0 Å². The molecule has 2 saturated heterocycles. The average molecular weight is 534 g/mol. The molecule has 0 bridgehead atoms. The molecule has 3 unspecified atom stereocenters. The summed E-state index contributed by atoms with van der Waals surface area (Å²) in [5.74, 6) is 0. The number of rotatable bonds is 15. The van der Waals surface area contributed by atoms with E-state index in [2.05, 4.69) is 29.0 Å². The molecule has 33 heavy (non-hydrogen) atoms. The first-order valence-electron chi connectivity index (χ1n) is 11.0. The molecule has 12 nitrogen and oxygen atoms in total. The summed E-state index contributed by atoms with van der Waals surface area (Å²) in [5, 5.41) is 6.44. The molecule has 2 rings (SSSR count). The van der Waals surface area contributed by atoms with Crippen molar-refractivity contribution in [1.29, 1.82) is 0 Å². The summed E-state index contributed by atoms with van der Waals surface area (Å²) in [4.78, 5) is 24.7. The molecule has 196 valence electrons. The van der Waals surface area contributed by atoms with Crippen molar-refractivity contribution in [2.24, 2.45) is 0 Å². The molecule has 0 aromatic heterocycles. The van der Waals surface area contributed by atoms with Crippen molar-refractivity contribution < 1.29 is 37.2 Å². The van der Waals surface area contributed by atoms with Crippen LogP contribution in [0.1, 0.15) is 12.8 Å². The molecule has 2 aliphatic heterocycles. The third-order valence-corrected chi connectivity index (χ3v) is 8.98. The van der Waals surface area contributed by atoms with Crippen LogP contribution < -0.4 is 10.6 Å². The molecule has 0 spiro atoms. The number of hydrogen-bond donors (Lipinski definition) is 4. The Bertz CT molecular complexity index is 639. The van der Waals surface area contributed by atoms with Gasteiger partial charge in [0.2, 0.25) is 0 Å². The molecule has 15 heteroatoms. The van der Waals surface area contributed by atoms with E-state index in [1.807, 2.05) is 28.2 Å². The van der Waals surface area contributed by atoms with E-state index in [4.69, 9.17) is 22.8 Å². The van der Waals surface area contributed by atoms with Gasteiger partial charge >= 0.3 is 7.82 Å². The molecule has 4 N–H and O–H groups in total. The van der Waals surface area contributed by atoms with Crippen molar-refractivity contribution in [3.8, 4) is 0 Å². The maximum Gasteiger partial charge on any atom is 0.472 e. The average Bonchev–Trinajstić information content (AvgIpc) is 3.32. The van der Waals surface area contributed by atoms with Gasteiger partial charge in [-0.25, -0.2) is 4.57 Å². The maximum absolute atomic E-state index is 12.3. The van der Waals surface area contributed by atoms with Gasteiger partial charge in [-0.2, -0.15) is 0 Å². The molecule has 2 fully saturated rings. The fourth-order valence-corrected chi connectivity index (χ4v) is 6.01. The Morgan fingerprint density at radius 1 is 0.939 bits per heavy atom. The predicted molar refractivity (Wildman–Crippen MR) is 130 cm³/mol. The zero-order valence-electron chi connectivity index (χ0n) is 20.2. The monoisotopic (exact) mass is 534 g/mol. The molecular formula is C18H41N4O8P3. The predicted octanol–water partition coefficient (Wildman–Crippen LogP) is 0.565. The van der Waals surface area contributed by atoms with Gasteiger partial charge in [-0.05, 0) is 49.6 Å². The van der Waals surface area contributed by atoms with Gasteiger partial charge in [-0.15, -0.1) is 0 Å². The van der Waals surface area contributed by atoms with Crippen molar-refractivity contribution in [3.05, 3.63) is 0 Å². The first-order chi connectivity index (χ1) is 15.5. The topological polar surface area (TPSA) is 134 Å². The van der Waals surface area contributed by atoms with Crippen molar-refractivity contribution in [3.63, 3.8) is 0 Å². The Hall–Kier alpha value is 0.520. The van der Waals surface area contributed by atoms with E-state index < -0.39 is 21.2 Å². The molecule has 7 atom stereocenters. The molecule has 0 amide bonds. The van der Waals surface area contributed by atoms with Gasteiger partial charge < -0.3 is 34.2 Å². The minimum Gasteiger partial charge on any atom is -0.377 e. The zero-order valence-corrected chi connectivity index (χ0v) is 23.0. The second-order valence-corrected chi connectivity index (χ2v) is 13.4. The molecule has 0 aromatic carbocycles. The lowest BCUT2D eigenvalue weighted by atomic mass is 10.2. The maximum atomic E-state index is 12.3. The summed E-state index contributed by atoms with van der Waals surface area (Å²) in [6, 6.07) is 0.899. The molecule has 2 heterocycles. The summed E-state index contributed by atoms with van der Waals surface area (Å²) in [6.07, 6.45) is 1.03. The highest BCUT2D eigenvalue weighted by Crippen LogP contribution is 2.50. The zero-order chi connectivity index (χ0) is 24.6. The van der Waals surface area contributed by atoms with Crippen LogP contribution in [0.25, 0.3) is 0 Å². The highest BCUT2D eigenvalue weighted by Gasteiger charge is 2.33. The Morgan fingerprint density at radius 2 is 1.42 bits per heavy atom. The first kappa shape index (κ1) is 29.7. The molecule has 0 aliphatic carbocycles. The van der Waals surface area contributed by atoms with E-state index in [-0.39, 0.29) is 31.9 Å². The minimum atomic E-state index is -4.27. The van der Waals surface area contributed by atoms with Crippen molar-refractivity contribution >= 4 is 23.6 Å². The van der Waals surface area contributed by atoms with Crippen LogP contribution in [-0.2, 0) is 27.4 Å². The van der Waals surface area contributed by atoms with Crippen LogP contribution in [0, 0.1) is 0 Å². The standard InChI is InChI=1S/C18H41N4O8P3/c1-19-14-6-16(21(3)8-14)10-27-32(23,24)28-12-18(26-5)13-30-33(25,31)29-11-17-7-15(20-2)9-22(17)4/h14-20,25,31H,6-13H2,1-5H3,(H,23,24)/t14-,15+,16+,17-,18?,33?/m1/s1. The van der Waals surface area contributed by atoms with Crippen LogP contribution in [0.5, 0.6) is 0 Å². The molecule has 2 aliphatic rings. The fourth-order valence-electron chi connectivity index (χ4n) is 3.96. The first-order valence-corrected chi connectivity index (χ1v) is 15.5. The van der Waals surface area contributed by atoms with Gasteiger partial charge in [-0.3, -0.25) is 18.8 Å². The van der Waals surface area contributed by atoms with Crippen molar-refractivity contribution in [2.45, 2.75) is 43.1 Å². The number of ether oxygens (including phenoxy) is 1. The highest BCUT2D eigenvalue weighted by atomic mass is 31.8. The lowest BCUT2D eigenvalue weighted by Crippen LogP contribution is -2.30. The number of phosphoric acid groups is 1. The number of methoxy groups -OCH3 is 1. The van der Waals surface area contributed by atoms with Crippen molar-refractivity contribution in [1.82, 2.24) is 20.4 Å². The summed E-state index contributed by atoms with van der Waals surface area (Å²) < 4.78 is 38.8. The molecular weight excluding hydrogens is 493 g/mol. The number of nitrogens with zero attached hydrogens (tertiary/aromatic N) is 2. The third kappa shape index (κ3) is 10.2. The Kier molecular flexibility index (Phi) is 12.4. The molecule has 0 aromatic rings. The highest BCUT2D eigenvalue weighted by molar-refractivity contribution is 7.88. The Balaban J connectivity index is 1.70. The lowest BCUT2D eigenvalue weighted by molar-refractivity contribution is 0.00477. The Morgan fingerprint density at radius 3 is 1.88 bits per heavy atom. The van der Waals surface area contributed by atoms with Gasteiger partial charge in [0, 0.05) is 44.4 Å². The van der Waals surface area contributed by atoms with Crippen LogP contribution >= 0.6 is 23.6 Å². The van der Waals surface area contributed by atoms with Crippen LogP contribution in [0.4, 0.5) is 0 Å². The van der Waals surface area contributed by atoms with Crippen molar-refractivity contribution in [2.75, 3.05) is 74.8 Å². The van der Waals surface area contributed by atoms with Gasteiger partial charge in [0.05, 0.1) is 26.4 Å². The molecule has 0 saturated carbocycles. The van der Waals surface area contributed by atoms with Gasteiger partial charge in [0.15, 0.2) is 0 Å². The number of hydrogen-bond acceptors (Lipinski definition) is 10. The van der Waals surface area contributed by atoms with Crippen LogP contribution in [-0.4, -0.2) is 125 Å². The number of likely N-dealkylation sites (N-methyl/N-ethyl adjacent to an activating group) is 4. The summed E-state index contributed by atoms with van der Waals surface area (Å²) in [6.45, 7) is 1.80. The van der Waals surface area contributed by atoms with E-state index in [0.29, 0.717) is 18.7 Å². The van der Waals surface area contributed by atoms with E-state index >= 15 is 0 Å². The second kappa shape index (κ2) is 13.7. The summed E-state index contributed by atoms with van der Waals surface area (Å²) in [7, 11) is 4.83. The van der Waals surface area contributed by atoms with E-state index in [0.717, 1.165) is 25.9 Å². The van der Waals surface area contributed by atoms with E-state index in [1.54, 1.807) is 0 Å². The van der Waals surface area contributed by atoms with E-state index in [9.17, 15) is 14.4 Å². The number of phosphoric ester groups is 1. The van der Waals surface area contributed by atoms with Crippen LogP contribution in [0.15, 0.2) is 0 Å². The SMILES string of the molecule is CN[C@@H]1C[C@@H](COP(=O)(O)OCC(COP(O)(=P)OC[C@H]2C[C@H](NC)CN2C)OC)N(C)C1. The van der Waals surface area contributed by atoms with E-state index in [1.165, 1.54) is 7.11 Å². The third-order valence-electron chi connectivity index (χ3n) is 6.26.